The number of aliphatic carboxylic acids is 2. The number of unbranched alkanes of at least 4 members (excludes halogenated alkanes) is 14. The normalized spacial score (nSPS) is 9.28. The van der Waals surface area contributed by atoms with Crippen LogP contribution in [0.15, 0.2) is 0 Å². The largest absolute Gasteiger partial charge is 0.481 e. The summed E-state index contributed by atoms with van der Waals surface area (Å²) in [6.07, 6.45) is 19.3. The van der Waals surface area contributed by atoms with E-state index >= 15 is 0 Å². The molecule has 32 heavy (non-hydrogen) atoms. The van der Waals surface area contributed by atoms with Crippen molar-refractivity contribution in [1.29, 1.82) is 0 Å². The van der Waals surface area contributed by atoms with E-state index in [2.05, 4.69) is 5.32 Å². The van der Waals surface area contributed by atoms with E-state index in [0.29, 0.717) is 6.42 Å². The Balaban J connectivity index is -0.000000296. The average molecular weight is 463 g/mol. The molecule has 0 aromatic heterocycles. The first-order valence-corrected chi connectivity index (χ1v) is 12.7. The standard InChI is InChI=1S/C18H34O3.C3H7NO2.C2H7N.C2H6/c19-17-15-13-11-9-7-5-3-1-2-4-6-8-10-12-14-16-18(20)21;1-4-2-3(5)6;1-2-3;1-2/h17H,1-16H2,(H,20,21);4H,2H2,1H3,(H,5,6);2-3H2,1H3;1-2H3. The number of hydrogen-bond acceptors (Lipinski definition) is 5. The highest BCUT2D eigenvalue weighted by Crippen LogP contribution is 2.13. The van der Waals surface area contributed by atoms with Crippen LogP contribution in [0, 0.1) is 0 Å². The van der Waals surface area contributed by atoms with Crippen molar-refractivity contribution in [2.24, 2.45) is 5.73 Å². The minimum Gasteiger partial charge on any atom is -0.481 e. The third-order valence-electron chi connectivity index (χ3n) is 4.29. The molecule has 0 aromatic carbocycles. The van der Waals surface area contributed by atoms with Crippen LogP contribution >= 0.6 is 0 Å². The van der Waals surface area contributed by atoms with Crippen LogP contribution in [0.1, 0.15) is 124 Å². The van der Waals surface area contributed by atoms with Gasteiger partial charge in [0, 0.05) is 12.8 Å². The summed E-state index contributed by atoms with van der Waals surface area (Å²) in [6.45, 7) is 6.69. The third-order valence-corrected chi connectivity index (χ3v) is 4.29. The third kappa shape index (κ3) is 56.7. The number of nitrogens with two attached hydrogens (primary N) is 1. The average Bonchev–Trinajstić information content (AvgIpc) is 2.75. The molecule has 0 aromatic rings. The van der Waals surface area contributed by atoms with Gasteiger partial charge in [-0.05, 0) is 26.4 Å². The second-order valence-electron chi connectivity index (χ2n) is 7.38. The van der Waals surface area contributed by atoms with Crippen molar-refractivity contribution < 1.29 is 24.6 Å². The second-order valence-corrected chi connectivity index (χ2v) is 7.38. The van der Waals surface area contributed by atoms with Gasteiger partial charge in [0.05, 0.1) is 6.54 Å². The highest BCUT2D eigenvalue weighted by atomic mass is 16.4. The van der Waals surface area contributed by atoms with Gasteiger partial charge in [0.1, 0.15) is 6.29 Å². The monoisotopic (exact) mass is 462 g/mol. The number of carbonyl (C=O) groups is 3. The fourth-order valence-corrected chi connectivity index (χ4v) is 2.78. The molecule has 0 fully saturated rings. The summed E-state index contributed by atoms with van der Waals surface area (Å²) < 4.78 is 0. The summed E-state index contributed by atoms with van der Waals surface area (Å²) in [5.74, 6) is -1.49. The lowest BCUT2D eigenvalue weighted by Gasteiger charge is -2.03. The summed E-state index contributed by atoms with van der Waals surface area (Å²) in [5, 5.41) is 18.8. The molecule has 0 spiro atoms. The van der Waals surface area contributed by atoms with Gasteiger partial charge in [-0.25, -0.2) is 0 Å². The lowest BCUT2D eigenvalue weighted by atomic mass is 10.0. The fourth-order valence-electron chi connectivity index (χ4n) is 2.78. The number of hydrogen-bond donors (Lipinski definition) is 4. The lowest BCUT2D eigenvalue weighted by Crippen LogP contribution is -2.16. The van der Waals surface area contributed by atoms with Crippen LogP contribution < -0.4 is 11.1 Å². The first-order valence-electron chi connectivity index (χ1n) is 12.7. The molecular weight excluding hydrogens is 408 g/mol. The maximum atomic E-state index is 10.3. The van der Waals surface area contributed by atoms with E-state index < -0.39 is 11.9 Å². The second kappa shape index (κ2) is 39.9. The zero-order valence-corrected chi connectivity index (χ0v) is 21.5. The van der Waals surface area contributed by atoms with E-state index in [1.54, 1.807) is 7.05 Å². The molecule has 0 atom stereocenters. The van der Waals surface area contributed by atoms with Gasteiger partial charge < -0.3 is 26.1 Å². The van der Waals surface area contributed by atoms with Crippen LogP contribution in [0.2, 0.25) is 0 Å². The maximum Gasteiger partial charge on any atom is 0.317 e. The lowest BCUT2D eigenvalue weighted by molar-refractivity contribution is -0.137. The molecular formula is C25H54N2O5. The molecule has 194 valence electrons. The van der Waals surface area contributed by atoms with Crippen molar-refractivity contribution in [2.75, 3.05) is 20.1 Å². The highest BCUT2D eigenvalue weighted by Gasteiger charge is 1.97. The maximum absolute atomic E-state index is 10.3. The summed E-state index contributed by atoms with van der Waals surface area (Å²) >= 11 is 0. The van der Waals surface area contributed by atoms with Gasteiger partial charge in [0.25, 0.3) is 0 Å². The van der Waals surface area contributed by atoms with Crippen molar-refractivity contribution in [1.82, 2.24) is 5.32 Å². The molecule has 0 radical (unpaired) electrons. The molecule has 0 aliphatic carbocycles. The van der Waals surface area contributed by atoms with Crippen molar-refractivity contribution in [3.05, 3.63) is 0 Å². The Morgan fingerprint density at radius 2 is 1.03 bits per heavy atom. The molecule has 0 amide bonds. The molecule has 7 nitrogen and oxygen atoms in total. The summed E-state index contributed by atoms with van der Waals surface area (Å²) in [4.78, 5) is 30.0. The van der Waals surface area contributed by atoms with Gasteiger partial charge in [-0.15, -0.1) is 0 Å². The first kappa shape index (κ1) is 37.8. The van der Waals surface area contributed by atoms with Crippen LogP contribution in [0.4, 0.5) is 0 Å². The van der Waals surface area contributed by atoms with Crippen LogP contribution in [0.5, 0.6) is 0 Å². The highest BCUT2D eigenvalue weighted by molar-refractivity contribution is 5.68. The molecule has 0 aliphatic heterocycles. The van der Waals surface area contributed by atoms with Crippen molar-refractivity contribution in [3.8, 4) is 0 Å². The molecule has 0 heterocycles. The number of carboxylic acids is 2. The van der Waals surface area contributed by atoms with E-state index in [1.807, 2.05) is 20.8 Å². The van der Waals surface area contributed by atoms with E-state index in [0.717, 1.165) is 38.5 Å². The number of carboxylic acid groups (broad SMARTS) is 2. The topological polar surface area (TPSA) is 130 Å². The number of rotatable bonds is 19. The molecule has 0 rings (SSSR count). The van der Waals surface area contributed by atoms with E-state index in [-0.39, 0.29) is 6.54 Å². The van der Waals surface area contributed by atoms with Crippen molar-refractivity contribution in [3.63, 3.8) is 0 Å². The molecule has 0 unspecified atom stereocenters. The van der Waals surface area contributed by atoms with Gasteiger partial charge in [0.2, 0.25) is 0 Å². The summed E-state index contributed by atoms with van der Waals surface area (Å²) in [6, 6.07) is 0. The Morgan fingerprint density at radius 3 is 1.25 bits per heavy atom. The predicted octanol–water partition coefficient (Wildman–Crippen LogP) is 5.79. The number of likely N-dealkylation sites (N-methyl/N-ethyl adjacent to an activating group) is 1. The number of aldehydes is 1. The minimum atomic E-state index is -0.822. The number of nitrogens with one attached hydrogen (secondary N) is 1. The summed E-state index contributed by atoms with van der Waals surface area (Å²) in [7, 11) is 1.59. The van der Waals surface area contributed by atoms with Gasteiger partial charge in [-0.3, -0.25) is 9.59 Å². The Bertz CT molecular complexity index is 366. The quantitative estimate of drug-likeness (QED) is 0.141. The predicted molar refractivity (Wildman–Crippen MR) is 135 cm³/mol. The van der Waals surface area contributed by atoms with Gasteiger partial charge in [0.15, 0.2) is 0 Å². The molecule has 0 saturated heterocycles. The SMILES string of the molecule is CC.CCN.CNCC(=O)O.O=CCCCCCCCCCCCCCCCCC(=O)O. The van der Waals surface area contributed by atoms with E-state index in [4.69, 9.17) is 15.9 Å². The molecule has 0 aliphatic rings. The Hall–Kier alpha value is -1.47. The zero-order chi connectivity index (χ0) is 25.3. The van der Waals surface area contributed by atoms with Crippen molar-refractivity contribution >= 4 is 18.2 Å². The van der Waals surface area contributed by atoms with E-state index in [9.17, 15) is 14.4 Å². The van der Waals surface area contributed by atoms with E-state index in [1.165, 1.54) is 70.6 Å². The summed E-state index contributed by atoms with van der Waals surface area (Å²) in [5.41, 5.74) is 4.85. The Morgan fingerprint density at radius 1 is 0.719 bits per heavy atom. The molecule has 0 saturated carbocycles. The van der Waals surface area contributed by atoms with Crippen LogP contribution in [-0.2, 0) is 14.4 Å². The van der Waals surface area contributed by atoms with Crippen LogP contribution in [0.25, 0.3) is 0 Å². The van der Waals surface area contributed by atoms with Gasteiger partial charge in [-0.1, -0.05) is 97.8 Å². The van der Waals surface area contributed by atoms with Crippen LogP contribution in [-0.4, -0.2) is 48.6 Å². The van der Waals surface area contributed by atoms with Crippen molar-refractivity contribution in [2.45, 2.75) is 124 Å². The molecule has 0 bridgehead atoms. The van der Waals surface area contributed by atoms with Gasteiger partial charge >= 0.3 is 11.9 Å². The molecule has 5 N–H and O–H groups in total. The zero-order valence-electron chi connectivity index (χ0n) is 21.5. The first-order chi connectivity index (χ1) is 15.5. The molecule has 7 heteroatoms. The fraction of sp³-hybridized carbons (Fsp3) is 0.880. The Kier molecular flexibility index (Phi) is 47.2. The Labute approximate surface area is 197 Å². The minimum absolute atomic E-state index is 0.0417. The van der Waals surface area contributed by atoms with Crippen LogP contribution in [0.3, 0.4) is 0 Å². The smallest absolute Gasteiger partial charge is 0.317 e. The van der Waals surface area contributed by atoms with Gasteiger partial charge in [-0.2, -0.15) is 0 Å². The number of carbonyl (C=O) groups excluding carboxylic acids is 1.